The summed E-state index contributed by atoms with van der Waals surface area (Å²) < 4.78 is 5.25. The van der Waals surface area contributed by atoms with Crippen molar-refractivity contribution < 1.29 is 9.94 Å². The molecule has 0 aliphatic carbocycles. The highest BCUT2D eigenvalue weighted by Gasteiger charge is 2.08. The minimum absolute atomic E-state index is 0.326. The van der Waals surface area contributed by atoms with Crippen LogP contribution in [-0.2, 0) is 4.74 Å². The minimum Gasteiger partial charge on any atom is -0.409 e. The van der Waals surface area contributed by atoms with Gasteiger partial charge in [-0.15, -0.1) is 0 Å². The van der Waals surface area contributed by atoms with Crippen LogP contribution < -0.4 is 5.73 Å². The monoisotopic (exact) mass is 201 g/mol. The molecule has 1 aliphatic heterocycles. The first-order valence-corrected chi connectivity index (χ1v) is 5.09. The SMILES string of the molecule is NC(CCCCN1CCOCC1)=NO. The fourth-order valence-corrected chi connectivity index (χ4v) is 1.52. The second-order valence-corrected chi connectivity index (χ2v) is 3.50. The van der Waals surface area contributed by atoms with Gasteiger partial charge in [-0.05, 0) is 19.4 Å². The van der Waals surface area contributed by atoms with E-state index in [4.69, 9.17) is 15.7 Å². The van der Waals surface area contributed by atoms with Crippen LogP contribution in [0.15, 0.2) is 5.16 Å². The van der Waals surface area contributed by atoms with Crippen LogP contribution in [0, 0.1) is 0 Å². The molecular formula is C9H19N3O2. The molecule has 1 heterocycles. The molecule has 1 fully saturated rings. The number of nitrogens with two attached hydrogens (primary N) is 1. The average Bonchev–Trinajstić information content (AvgIpc) is 2.25. The molecular weight excluding hydrogens is 182 g/mol. The van der Waals surface area contributed by atoms with Gasteiger partial charge in [0.2, 0.25) is 0 Å². The van der Waals surface area contributed by atoms with Crippen molar-refractivity contribution in [3.05, 3.63) is 0 Å². The standard InChI is InChI=1S/C9H19N3O2/c10-9(11-13)3-1-2-4-12-5-7-14-8-6-12/h13H,1-8H2,(H2,10,11). The van der Waals surface area contributed by atoms with Gasteiger partial charge in [0, 0.05) is 19.5 Å². The maximum atomic E-state index is 8.32. The Hall–Kier alpha value is -0.810. The van der Waals surface area contributed by atoms with Crippen LogP contribution in [0.2, 0.25) is 0 Å². The highest BCUT2D eigenvalue weighted by molar-refractivity contribution is 5.79. The molecule has 3 N–H and O–H groups in total. The van der Waals surface area contributed by atoms with Crippen molar-refractivity contribution in [2.24, 2.45) is 10.9 Å². The zero-order valence-corrected chi connectivity index (χ0v) is 8.48. The van der Waals surface area contributed by atoms with Crippen molar-refractivity contribution in [1.82, 2.24) is 4.90 Å². The molecule has 0 radical (unpaired) electrons. The number of rotatable bonds is 5. The summed E-state index contributed by atoms with van der Waals surface area (Å²) in [5.41, 5.74) is 5.36. The molecule has 0 bridgehead atoms. The maximum Gasteiger partial charge on any atom is 0.139 e. The number of oxime groups is 1. The lowest BCUT2D eigenvalue weighted by molar-refractivity contribution is 0.0372. The largest absolute Gasteiger partial charge is 0.409 e. The number of ether oxygens (including phenoxy) is 1. The third kappa shape index (κ3) is 4.43. The van der Waals surface area contributed by atoms with Gasteiger partial charge >= 0.3 is 0 Å². The van der Waals surface area contributed by atoms with E-state index in [1.807, 2.05) is 0 Å². The van der Waals surface area contributed by atoms with Crippen LogP contribution in [0.4, 0.5) is 0 Å². The highest BCUT2D eigenvalue weighted by atomic mass is 16.5. The first-order chi connectivity index (χ1) is 6.83. The maximum absolute atomic E-state index is 8.32. The molecule has 82 valence electrons. The molecule has 1 saturated heterocycles. The Balaban J connectivity index is 1.97. The molecule has 0 saturated carbocycles. The number of unbranched alkanes of at least 4 members (excludes halogenated alkanes) is 1. The van der Waals surface area contributed by atoms with Crippen molar-refractivity contribution in [2.45, 2.75) is 19.3 Å². The van der Waals surface area contributed by atoms with Gasteiger partial charge in [0.25, 0.3) is 0 Å². The fourth-order valence-electron chi connectivity index (χ4n) is 1.52. The normalized spacial score (nSPS) is 19.9. The Bertz CT molecular complexity index is 179. The predicted molar refractivity (Wildman–Crippen MR) is 54.5 cm³/mol. The molecule has 0 unspecified atom stereocenters. The van der Waals surface area contributed by atoms with E-state index < -0.39 is 0 Å². The number of morpholine rings is 1. The number of amidine groups is 1. The number of hydrogen-bond acceptors (Lipinski definition) is 4. The van der Waals surface area contributed by atoms with E-state index in [2.05, 4.69) is 10.1 Å². The lowest BCUT2D eigenvalue weighted by atomic mass is 10.2. The third-order valence-electron chi connectivity index (χ3n) is 2.39. The van der Waals surface area contributed by atoms with Gasteiger partial charge in [0.15, 0.2) is 0 Å². The third-order valence-corrected chi connectivity index (χ3v) is 2.39. The zero-order chi connectivity index (χ0) is 10.2. The summed E-state index contributed by atoms with van der Waals surface area (Å²) in [7, 11) is 0. The Morgan fingerprint density at radius 3 is 2.71 bits per heavy atom. The van der Waals surface area contributed by atoms with E-state index in [-0.39, 0.29) is 0 Å². The molecule has 14 heavy (non-hydrogen) atoms. The highest BCUT2D eigenvalue weighted by Crippen LogP contribution is 2.01. The molecule has 1 aliphatic rings. The number of nitrogens with zero attached hydrogens (tertiary/aromatic N) is 2. The topological polar surface area (TPSA) is 71.1 Å². The minimum atomic E-state index is 0.326. The second kappa shape index (κ2) is 6.62. The first-order valence-electron chi connectivity index (χ1n) is 5.09. The molecule has 0 aromatic rings. The lowest BCUT2D eigenvalue weighted by Crippen LogP contribution is -2.36. The molecule has 1 rings (SSSR count). The van der Waals surface area contributed by atoms with E-state index >= 15 is 0 Å². The molecule has 5 nitrogen and oxygen atoms in total. The Labute approximate surface area is 84.5 Å². The van der Waals surface area contributed by atoms with Gasteiger partial charge in [-0.1, -0.05) is 5.16 Å². The first kappa shape index (κ1) is 11.3. The van der Waals surface area contributed by atoms with Crippen LogP contribution in [-0.4, -0.2) is 48.8 Å². The molecule has 5 heteroatoms. The van der Waals surface area contributed by atoms with E-state index in [9.17, 15) is 0 Å². The van der Waals surface area contributed by atoms with Crippen molar-refractivity contribution >= 4 is 5.84 Å². The van der Waals surface area contributed by atoms with Gasteiger partial charge in [-0.2, -0.15) is 0 Å². The Kier molecular flexibility index (Phi) is 5.32. The van der Waals surface area contributed by atoms with Crippen LogP contribution >= 0.6 is 0 Å². The summed E-state index contributed by atoms with van der Waals surface area (Å²) in [6.07, 6.45) is 2.75. The molecule has 0 aromatic carbocycles. The van der Waals surface area contributed by atoms with Crippen LogP contribution in [0.3, 0.4) is 0 Å². The summed E-state index contributed by atoms with van der Waals surface area (Å²) >= 11 is 0. The predicted octanol–water partition coefficient (Wildman–Crippen LogP) is 0.235. The molecule has 0 atom stereocenters. The van der Waals surface area contributed by atoms with E-state index in [0.717, 1.165) is 45.7 Å². The quantitative estimate of drug-likeness (QED) is 0.220. The van der Waals surface area contributed by atoms with Gasteiger partial charge in [0.1, 0.15) is 5.84 Å². The molecule has 0 aromatic heterocycles. The smallest absolute Gasteiger partial charge is 0.139 e. The van der Waals surface area contributed by atoms with Crippen molar-refractivity contribution in [3.8, 4) is 0 Å². The van der Waals surface area contributed by atoms with Gasteiger partial charge < -0.3 is 15.7 Å². The van der Waals surface area contributed by atoms with Crippen molar-refractivity contribution in [1.29, 1.82) is 0 Å². The second-order valence-electron chi connectivity index (χ2n) is 3.50. The number of hydrogen-bond donors (Lipinski definition) is 2. The van der Waals surface area contributed by atoms with Crippen LogP contribution in [0.1, 0.15) is 19.3 Å². The van der Waals surface area contributed by atoms with Crippen molar-refractivity contribution in [3.63, 3.8) is 0 Å². The summed E-state index contributed by atoms with van der Waals surface area (Å²) in [5.74, 6) is 0.326. The molecule has 0 spiro atoms. The summed E-state index contributed by atoms with van der Waals surface area (Å²) in [4.78, 5) is 2.38. The summed E-state index contributed by atoms with van der Waals surface area (Å²) in [6.45, 7) is 4.84. The van der Waals surface area contributed by atoms with E-state index in [1.165, 1.54) is 0 Å². The van der Waals surface area contributed by atoms with Crippen LogP contribution in [0.25, 0.3) is 0 Å². The van der Waals surface area contributed by atoms with Crippen LogP contribution in [0.5, 0.6) is 0 Å². The summed E-state index contributed by atoms with van der Waals surface area (Å²) in [5, 5.41) is 11.3. The Morgan fingerprint density at radius 2 is 2.07 bits per heavy atom. The van der Waals surface area contributed by atoms with Crippen molar-refractivity contribution in [2.75, 3.05) is 32.8 Å². The fraction of sp³-hybridized carbons (Fsp3) is 0.889. The Morgan fingerprint density at radius 1 is 1.36 bits per heavy atom. The molecule has 0 amide bonds. The van der Waals surface area contributed by atoms with E-state index in [0.29, 0.717) is 12.3 Å². The lowest BCUT2D eigenvalue weighted by Gasteiger charge is -2.26. The van der Waals surface area contributed by atoms with E-state index in [1.54, 1.807) is 0 Å². The zero-order valence-electron chi connectivity index (χ0n) is 8.48. The summed E-state index contributed by atoms with van der Waals surface area (Å²) in [6, 6.07) is 0. The van der Waals surface area contributed by atoms with Gasteiger partial charge in [-0.25, -0.2) is 0 Å². The average molecular weight is 201 g/mol. The van der Waals surface area contributed by atoms with Gasteiger partial charge in [0.05, 0.1) is 13.2 Å². The van der Waals surface area contributed by atoms with Gasteiger partial charge in [-0.3, -0.25) is 4.90 Å².